The maximum Gasteiger partial charge on any atom is 0.223 e. The van der Waals surface area contributed by atoms with Crippen LogP contribution in [-0.4, -0.2) is 27.2 Å². The standard InChI is InChI=1S/C15H20N4OS/c20-14(12-5-2-1-3-6-12)16-9-7-13-11-21-15(18-13)19-10-4-8-17-19/h4,8,10-12H,1-3,5-7,9H2,(H,16,20). The van der Waals surface area contributed by atoms with Crippen molar-refractivity contribution in [2.75, 3.05) is 6.54 Å². The summed E-state index contributed by atoms with van der Waals surface area (Å²) in [5, 5.41) is 10.1. The summed E-state index contributed by atoms with van der Waals surface area (Å²) < 4.78 is 1.76. The number of nitrogens with zero attached hydrogens (tertiary/aromatic N) is 3. The first-order valence-corrected chi connectivity index (χ1v) is 8.43. The fourth-order valence-electron chi connectivity index (χ4n) is 2.72. The average molecular weight is 304 g/mol. The Morgan fingerprint density at radius 1 is 1.38 bits per heavy atom. The van der Waals surface area contributed by atoms with E-state index in [0.29, 0.717) is 6.54 Å². The lowest BCUT2D eigenvalue weighted by Crippen LogP contribution is -2.33. The van der Waals surface area contributed by atoms with Crippen LogP contribution in [0.4, 0.5) is 0 Å². The van der Waals surface area contributed by atoms with E-state index >= 15 is 0 Å². The van der Waals surface area contributed by atoms with Crippen molar-refractivity contribution in [1.29, 1.82) is 0 Å². The summed E-state index contributed by atoms with van der Waals surface area (Å²) in [6.45, 7) is 0.664. The molecule has 2 heterocycles. The zero-order valence-corrected chi connectivity index (χ0v) is 12.8. The Morgan fingerprint density at radius 2 is 2.24 bits per heavy atom. The van der Waals surface area contributed by atoms with E-state index < -0.39 is 0 Å². The summed E-state index contributed by atoms with van der Waals surface area (Å²) in [6.07, 6.45) is 10.2. The van der Waals surface area contributed by atoms with E-state index in [2.05, 4.69) is 15.4 Å². The molecule has 0 saturated heterocycles. The Bertz CT molecular complexity index is 572. The molecule has 112 valence electrons. The van der Waals surface area contributed by atoms with Crippen LogP contribution in [0.25, 0.3) is 5.13 Å². The van der Waals surface area contributed by atoms with Crippen molar-refractivity contribution in [2.24, 2.45) is 5.92 Å². The highest BCUT2D eigenvalue weighted by Crippen LogP contribution is 2.23. The molecule has 0 aliphatic heterocycles. The van der Waals surface area contributed by atoms with Gasteiger partial charge < -0.3 is 5.32 Å². The van der Waals surface area contributed by atoms with Crippen LogP contribution in [0, 0.1) is 5.92 Å². The minimum absolute atomic E-state index is 0.220. The van der Waals surface area contributed by atoms with Gasteiger partial charge in [-0.1, -0.05) is 19.3 Å². The number of hydrogen-bond acceptors (Lipinski definition) is 4. The van der Waals surface area contributed by atoms with Crippen LogP contribution in [0.3, 0.4) is 0 Å². The van der Waals surface area contributed by atoms with E-state index in [4.69, 9.17) is 0 Å². The van der Waals surface area contributed by atoms with Crippen LogP contribution >= 0.6 is 11.3 Å². The molecular formula is C15H20N4OS. The van der Waals surface area contributed by atoms with Crippen LogP contribution in [0.5, 0.6) is 0 Å². The van der Waals surface area contributed by atoms with Crippen molar-refractivity contribution in [3.05, 3.63) is 29.5 Å². The maximum atomic E-state index is 12.0. The quantitative estimate of drug-likeness (QED) is 0.923. The molecule has 2 aromatic rings. The highest BCUT2D eigenvalue weighted by Gasteiger charge is 2.20. The second kappa shape index (κ2) is 6.85. The summed E-state index contributed by atoms with van der Waals surface area (Å²) >= 11 is 1.57. The third-order valence-corrected chi connectivity index (χ3v) is 4.78. The lowest BCUT2D eigenvalue weighted by Gasteiger charge is -2.20. The van der Waals surface area contributed by atoms with Gasteiger partial charge in [-0.05, 0) is 18.9 Å². The fraction of sp³-hybridized carbons (Fsp3) is 0.533. The molecule has 2 aromatic heterocycles. The van der Waals surface area contributed by atoms with Crippen molar-refractivity contribution in [1.82, 2.24) is 20.1 Å². The van der Waals surface area contributed by atoms with Crippen LogP contribution in [-0.2, 0) is 11.2 Å². The molecular weight excluding hydrogens is 284 g/mol. The third kappa shape index (κ3) is 3.69. The van der Waals surface area contributed by atoms with E-state index in [1.54, 1.807) is 22.2 Å². The summed E-state index contributed by atoms with van der Waals surface area (Å²) in [7, 11) is 0. The Kier molecular flexibility index (Phi) is 4.65. The van der Waals surface area contributed by atoms with E-state index in [9.17, 15) is 4.79 Å². The van der Waals surface area contributed by atoms with Gasteiger partial charge in [0.1, 0.15) is 0 Å². The van der Waals surface area contributed by atoms with Gasteiger partial charge in [0.2, 0.25) is 11.0 Å². The second-order valence-corrected chi connectivity index (χ2v) is 6.28. The Hall–Kier alpha value is -1.69. The molecule has 1 fully saturated rings. The predicted octanol–water partition coefficient (Wildman–Crippen LogP) is 2.57. The largest absolute Gasteiger partial charge is 0.355 e. The molecule has 1 aliphatic carbocycles. The second-order valence-electron chi connectivity index (χ2n) is 5.45. The molecule has 0 spiro atoms. The van der Waals surface area contributed by atoms with Crippen molar-refractivity contribution in [3.63, 3.8) is 0 Å². The molecule has 1 N–H and O–H groups in total. The highest BCUT2D eigenvalue weighted by molar-refractivity contribution is 7.12. The molecule has 6 heteroatoms. The van der Waals surface area contributed by atoms with Gasteiger partial charge in [0.05, 0.1) is 5.69 Å². The number of rotatable bonds is 5. The van der Waals surface area contributed by atoms with Crippen molar-refractivity contribution < 1.29 is 4.79 Å². The molecule has 5 nitrogen and oxygen atoms in total. The van der Waals surface area contributed by atoms with Crippen molar-refractivity contribution in [3.8, 4) is 5.13 Å². The van der Waals surface area contributed by atoms with Gasteiger partial charge in [-0.3, -0.25) is 4.79 Å². The predicted molar refractivity (Wildman–Crippen MR) is 82.5 cm³/mol. The topological polar surface area (TPSA) is 59.8 Å². The molecule has 0 bridgehead atoms. The summed E-state index contributed by atoms with van der Waals surface area (Å²) in [4.78, 5) is 16.6. The van der Waals surface area contributed by atoms with Gasteiger partial charge >= 0.3 is 0 Å². The van der Waals surface area contributed by atoms with Crippen LogP contribution in [0.2, 0.25) is 0 Å². The minimum atomic E-state index is 0.220. The maximum absolute atomic E-state index is 12.0. The average Bonchev–Trinajstić information content (AvgIpc) is 3.19. The van der Waals surface area contributed by atoms with Gasteiger partial charge in [0.15, 0.2) is 0 Å². The zero-order valence-electron chi connectivity index (χ0n) is 12.0. The first kappa shape index (κ1) is 14.3. The SMILES string of the molecule is O=C(NCCc1csc(-n2cccn2)n1)C1CCCCC1. The van der Waals surface area contributed by atoms with Gasteiger partial charge in [0, 0.05) is 36.7 Å². The molecule has 0 aromatic carbocycles. The van der Waals surface area contributed by atoms with Crippen LogP contribution in [0.15, 0.2) is 23.8 Å². The fourth-order valence-corrected chi connectivity index (χ4v) is 3.52. The number of aromatic nitrogens is 3. The number of nitrogens with one attached hydrogen (secondary N) is 1. The molecule has 21 heavy (non-hydrogen) atoms. The van der Waals surface area contributed by atoms with Gasteiger partial charge in [-0.15, -0.1) is 11.3 Å². The van der Waals surface area contributed by atoms with Gasteiger partial charge in [-0.2, -0.15) is 5.10 Å². The lowest BCUT2D eigenvalue weighted by atomic mass is 9.89. The smallest absolute Gasteiger partial charge is 0.223 e. The van der Waals surface area contributed by atoms with Crippen molar-refractivity contribution in [2.45, 2.75) is 38.5 Å². The Morgan fingerprint density at radius 3 is 3.00 bits per heavy atom. The van der Waals surface area contributed by atoms with E-state index in [0.717, 1.165) is 30.1 Å². The van der Waals surface area contributed by atoms with Gasteiger partial charge in [0.25, 0.3) is 0 Å². The van der Waals surface area contributed by atoms with E-state index in [-0.39, 0.29) is 11.8 Å². The minimum Gasteiger partial charge on any atom is -0.355 e. The lowest BCUT2D eigenvalue weighted by molar-refractivity contribution is -0.125. The Labute approximate surface area is 128 Å². The molecule has 3 rings (SSSR count). The van der Waals surface area contributed by atoms with Crippen molar-refractivity contribution >= 4 is 17.2 Å². The molecule has 1 saturated carbocycles. The first-order valence-electron chi connectivity index (χ1n) is 7.55. The molecule has 1 amide bonds. The number of carbonyl (C=O) groups excluding carboxylic acids is 1. The van der Waals surface area contributed by atoms with Crippen LogP contribution < -0.4 is 5.32 Å². The number of thiazole rings is 1. The van der Waals surface area contributed by atoms with Gasteiger partial charge in [-0.25, -0.2) is 9.67 Å². The number of amides is 1. The highest BCUT2D eigenvalue weighted by atomic mass is 32.1. The Balaban J connectivity index is 1.46. The molecule has 0 radical (unpaired) electrons. The monoisotopic (exact) mass is 304 g/mol. The first-order chi connectivity index (χ1) is 10.3. The molecule has 1 aliphatic rings. The van der Waals surface area contributed by atoms with E-state index in [1.807, 2.05) is 17.6 Å². The number of hydrogen-bond donors (Lipinski definition) is 1. The van der Waals surface area contributed by atoms with Crippen LogP contribution in [0.1, 0.15) is 37.8 Å². The molecule has 0 unspecified atom stereocenters. The number of carbonyl (C=O) groups is 1. The third-order valence-electron chi connectivity index (χ3n) is 3.90. The summed E-state index contributed by atoms with van der Waals surface area (Å²) in [5.41, 5.74) is 1.01. The summed E-state index contributed by atoms with van der Waals surface area (Å²) in [5.74, 6) is 0.450. The van der Waals surface area contributed by atoms with E-state index in [1.165, 1.54) is 19.3 Å². The molecule has 0 atom stereocenters. The zero-order chi connectivity index (χ0) is 14.5. The summed E-state index contributed by atoms with van der Waals surface area (Å²) in [6, 6.07) is 1.88. The normalized spacial score (nSPS) is 16.0.